The average Bonchev–Trinajstić information content (AvgIpc) is 2.55. The van der Waals surface area contributed by atoms with Crippen molar-refractivity contribution < 1.29 is 9.59 Å². The van der Waals surface area contributed by atoms with Gasteiger partial charge in [0, 0.05) is 11.5 Å². The van der Waals surface area contributed by atoms with Crippen molar-refractivity contribution in [3.8, 4) is 0 Å². The fraction of sp³-hybridized carbons (Fsp3) is 0.158. The maximum absolute atomic E-state index is 12.2. The Hall–Kier alpha value is -2.48. The van der Waals surface area contributed by atoms with E-state index in [0.29, 0.717) is 5.57 Å². The highest BCUT2D eigenvalue weighted by Crippen LogP contribution is 2.20. The van der Waals surface area contributed by atoms with Crippen molar-refractivity contribution in [2.45, 2.75) is 19.3 Å². The summed E-state index contributed by atoms with van der Waals surface area (Å²) in [5.74, 6) is -0.573. The Kier molecular flexibility index (Phi) is 4.83. The third-order valence-electron chi connectivity index (χ3n) is 3.58. The molecule has 1 unspecified atom stereocenters. The average molecular weight is 278 g/mol. The van der Waals surface area contributed by atoms with Crippen LogP contribution < -0.4 is 0 Å². The third kappa shape index (κ3) is 3.76. The van der Waals surface area contributed by atoms with Crippen LogP contribution >= 0.6 is 0 Å². The molecule has 2 nitrogen and oxygen atoms in total. The molecule has 2 aromatic rings. The lowest BCUT2D eigenvalue weighted by Gasteiger charge is -2.11. The predicted molar refractivity (Wildman–Crippen MR) is 85.0 cm³/mol. The molecule has 0 radical (unpaired) electrons. The normalized spacial score (nSPS) is 11.7. The molecule has 0 amide bonds. The number of allylic oxidation sites excluding steroid dienone is 1. The fourth-order valence-corrected chi connectivity index (χ4v) is 2.15. The number of carbonyl (C=O) groups is 2. The van der Waals surface area contributed by atoms with Crippen molar-refractivity contribution in [3.63, 3.8) is 0 Å². The van der Waals surface area contributed by atoms with Crippen molar-refractivity contribution in [2.24, 2.45) is 0 Å². The smallest absolute Gasteiger partial charge is 0.170 e. The number of ketones is 2. The van der Waals surface area contributed by atoms with Crippen LogP contribution in [0.15, 0.2) is 67.2 Å². The summed E-state index contributed by atoms with van der Waals surface area (Å²) in [6, 6.07) is 18.7. The fourth-order valence-electron chi connectivity index (χ4n) is 2.15. The molecule has 1 atom stereocenters. The van der Waals surface area contributed by atoms with Gasteiger partial charge < -0.3 is 0 Å². The van der Waals surface area contributed by atoms with Gasteiger partial charge in [-0.3, -0.25) is 9.59 Å². The summed E-state index contributed by atoms with van der Waals surface area (Å²) in [5.41, 5.74) is 2.09. The number of carbonyl (C=O) groups excluding carboxylic acids is 2. The molecule has 2 rings (SSSR count). The van der Waals surface area contributed by atoms with Crippen LogP contribution in [0.25, 0.3) is 5.57 Å². The van der Waals surface area contributed by atoms with Gasteiger partial charge in [-0.25, -0.2) is 0 Å². The van der Waals surface area contributed by atoms with E-state index >= 15 is 0 Å². The summed E-state index contributed by atoms with van der Waals surface area (Å²) in [7, 11) is 0. The Morgan fingerprint density at radius 2 is 1.48 bits per heavy atom. The summed E-state index contributed by atoms with van der Waals surface area (Å²) in [4.78, 5) is 24.4. The maximum atomic E-state index is 12.2. The highest BCUT2D eigenvalue weighted by molar-refractivity contribution is 6.25. The van der Waals surface area contributed by atoms with Gasteiger partial charge in [0.2, 0.25) is 0 Å². The lowest BCUT2D eigenvalue weighted by molar-refractivity contribution is -0.125. The summed E-state index contributed by atoms with van der Waals surface area (Å²) in [6.45, 7) is 5.64. The summed E-state index contributed by atoms with van der Waals surface area (Å²) < 4.78 is 0. The van der Waals surface area contributed by atoms with Gasteiger partial charge in [0.05, 0.1) is 6.42 Å². The summed E-state index contributed by atoms with van der Waals surface area (Å²) >= 11 is 0. The molecule has 0 bridgehead atoms. The van der Waals surface area contributed by atoms with Crippen molar-refractivity contribution in [2.75, 3.05) is 0 Å². The monoisotopic (exact) mass is 278 g/mol. The van der Waals surface area contributed by atoms with E-state index in [-0.39, 0.29) is 23.9 Å². The predicted octanol–water partition coefficient (Wildman–Crippen LogP) is 4.03. The van der Waals surface area contributed by atoms with Gasteiger partial charge in [0.1, 0.15) is 5.78 Å². The molecule has 0 aromatic heterocycles. The molecular weight excluding hydrogens is 260 g/mol. The number of hydrogen-bond acceptors (Lipinski definition) is 2. The zero-order chi connectivity index (χ0) is 15.2. The van der Waals surface area contributed by atoms with Crippen LogP contribution in [0, 0.1) is 0 Å². The molecule has 2 heteroatoms. The van der Waals surface area contributed by atoms with E-state index in [1.54, 1.807) is 0 Å². The van der Waals surface area contributed by atoms with Crippen molar-refractivity contribution >= 4 is 17.1 Å². The number of hydrogen-bond donors (Lipinski definition) is 0. The number of Topliss-reactive ketones (excluding diaryl/α,β-unsaturated/α-hetero) is 2. The van der Waals surface area contributed by atoms with E-state index in [1.807, 2.05) is 67.6 Å². The minimum Gasteiger partial charge on any atom is -0.299 e. The summed E-state index contributed by atoms with van der Waals surface area (Å²) in [5, 5.41) is 0. The largest absolute Gasteiger partial charge is 0.299 e. The number of rotatable bonds is 6. The van der Waals surface area contributed by atoms with E-state index < -0.39 is 0 Å². The van der Waals surface area contributed by atoms with Crippen LogP contribution in [-0.4, -0.2) is 11.6 Å². The van der Waals surface area contributed by atoms with E-state index in [1.165, 1.54) is 0 Å². The molecule has 0 N–H and O–H groups in total. The first kappa shape index (κ1) is 14.9. The molecular formula is C19H18O2. The molecule has 0 saturated carbocycles. The van der Waals surface area contributed by atoms with E-state index in [0.717, 1.165) is 11.1 Å². The van der Waals surface area contributed by atoms with Crippen molar-refractivity contribution in [1.82, 2.24) is 0 Å². The Morgan fingerprint density at radius 3 is 2.05 bits per heavy atom. The molecule has 0 aliphatic rings. The molecule has 106 valence electrons. The second kappa shape index (κ2) is 6.80. The van der Waals surface area contributed by atoms with Gasteiger partial charge in [-0.2, -0.15) is 0 Å². The van der Waals surface area contributed by atoms with Crippen LogP contribution in [0.5, 0.6) is 0 Å². The number of benzene rings is 2. The molecule has 21 heavy (non-hydrogen) atoms. The van der Waals surface area contributed by atoms with Crippen LogP contribution in [0.1, 0.15) is 30.4 Å². The third-order valence-corrected chi connectivity index (χ3v) is 3.58. The van der Waals surface area contributed by atoms with E-state index in [9.17, 15) is 9.59 Å². The Morgan fingerprint density at radius 1 is 0.952 bits per heavy atom. The summed E-state index contributed by atoms with van der Waals surface area (Å²) in [6.07, 6.45) is -0.107. The van der Waals surface area contributed by atoms with Gasteiger partial charge in [0.15, 0.2) is 5.78 Å². The minimum absolute atomic E-state index is 0.0803. The first-order chi connectivity index (χ1) is 10.1. The second-order valence-electron chi connectivity index (χ2n) is 5.04. The van der Waals surface area contributed by atoms with Crippen LogP contribution in [0.3, 0.4) is 0 Å². The standard InChI is InChI=1S/C19H18O2/c1-14(16-9-5-3-6-10-16)18(20)13-19(21)15(2)17-11-7-4-8-12-17/h3-12,15H,1,13H2,2H3. The highest BCUT2D eigenvalue weighted by Gasteiger charge is 2.20. The van der Waals surface area contributed by atoms with Crippen molar-refractivity contribution in [3.05, 3.63) is 78.4 Å². The lowest BCUT2D eigenvalue weighted by atomic mass is 9.91. The van der Waals surface area contributed by atoms with E-state index in [2.05, 4.69) is 6.58 Å². The van der Waals surface area contributed by atoms with Crippen LogP contribution in [-0.2, 0) is 9.59 Å². The van der Waals surface area contributed by atoms with Gasteiger partial charge >= 0.3 is 0 Å². The highest BCUT2D eigenvalue weighted by atomic mass is 16.1. The molecule has 0 heterocycles. The SMILES string of the molecule is C=C(C(=O)CC(=O)C(C)c1ccccc1)c1ccccc1. The zero-order valence-corrected chi connectivity index (χ0v) is 12.1. The molecule has 0 spiro atoms. The Balaban J connectivity index is 2.03. The molecule has 0 aliphatic carbocycles. The van der Waals surface area contributed by atoms with Gasteiger partial charge in [-0.05, 0) is 11.1 Å². The first-order valence-corrected chi connectivity index (χ1v) is 6.94. The minimum atomic E-state index is -0.279. The van der Waals surface area contributed by atoms with Crippen molar-refractivity contribution in [1.29, 1.82) is 0 Å². The lowest BCUT2D eigenvalue weighted by Crippen LogP contribution is -2.15. The van der Waals surface area contributed by atoms with Crippen LogP contribution in [0.2, 0.25) is 0 Å². The first-order valence-electron chi connectivity index (χ1n) is 6.94. The zero-order valence-electron chi connectivity index (χ0n) is 12.1. The topological polar surface area (TPSA) is 34.1 Å². The Labute approximate surface area is 125 Å². The van der Waals surface area contributed by atoms with E-state index in [4.69, 9.17) is 0 Å². The Bertz CT molecular complexity index is 642. The van der Waals surface area contributed by atoms with Gasteiger partial charge in [-0.1, -0.05) is 74.2 Å². The maximum Gasteiger partial charge on any atom is 0.170 e. The molecule has 0 fully saturated rings. The molecule has 0 saturated heterocycles. The second-order valence-corrected chi connectivity index (χ2v) is 5.04. The molecule has 0 aliphatic heterocycles. The van der Waals surface area contributed by atoms with Crippen LogP contribution in [0.4, 0.5) is 0 Å². The quantitative estimate of drug-likeness (QED) is 0.590. The molecule has 2 aromatic carbocycles. The van der Waals surface area contributed by atoms with Gasteiger partial charge in [0.25, 0.3) is 0 Å². The van der Waals surface area contributed by atoms with Gasteiger partial charge in [-0.15, -0.1) is 0 Å².